The zero-order valence-corrected chi connectivity index (χ0v) is 16.4. The number of amides is 1. The van der Waals surface area contributed by atoms with Crippen LogP contribution in [0.15, 0.2) is 42.5 Å². The second-order valence-electron chi connectivity index (χ2n) is 5.50. The van der Waals surface area contributed by atoms with Crippen molar-refractivity contribution in [2.24, 2.45) is 0 Å². The fraction of sp³-hybridized carbons (Fsp3) is 0.222. The van der Waals surface area contributed by atoms with E-state index >= 15 is 0 Å². The molecule has 4 nitrogen and oxygen atoms in total. The van der Waals surface area contributed by atoms with Gasteiger partial charge in [-0.3, -0.25) is 15.6 Å². The average Bonchev–Trinajstić information content (AvgIpc) is 2.57. The first-order valence-corrected chi connectivity index (χ1v) is 9.64. The molecular formula is C18H20ClN3OS2. The highest BCUT2D eigenvalue weighted by Gasteiger charge is 2.05. The van der Waals surface area contributed by atoms with Crippen LogP contribution in [-0.4, -0.2) is 16.8 Å². The molecule has 0 spiro atoms. The van der Waals surface area contributed by atoms with E-state index in [1.165, 1.54) is 17.3 Å². The van der Waals surface area contributed by atoms with E-state index < -0.39 is 0 Å². The lowest BCUT2D eigenvalue weighted by Gasteiger charge is -2.14. The number of benzene rings is 2. The standard InChI is InChI=1S/C18H20ClN3OS2/c1-12-5-3-8-16(13(12)2)20-18(24)22-21-17(23)11-25-10-14-6-4-7-15(19)9-14/h3-9H,10-11H2,1-2H3,(H,21,23)(H2,20,22,24). The molecule has 25 heavy (non-hydrogen) atoms. The Hall–Kier alpha value is -1.76. The van der Waals surface area contributed by atoms with Crippen molar-refractivity contribution in [1.29, 1.82) is 0 Å². The molecule has 3 N–H and O–H groups in total. The molecule has 0 bridgehead atoms. The highest BCUT2D eigenvalue weighted by atomic mass is 35.5. The Kier molecular flexibility index (Phi) is 7.55. The lowest BCUT2D eigenvalue weighted by molar-refractivity contribution is -0.119. The van der Waals surface area contributed by atoms with Gasteiger partial charge in [0.2, 0.25) is 5.91 Å². The summed E-state index contributed by atoms with van der Waals surface area (Å²) in [5.41, 5.74) is 9.62. The van der Waals surface area contributed by atoms with E-state index in [0.29, 0.717) is 15.9 Å². The van der Waals surface area contributed by atoms with Crippen LogP contribution in [0.2, 0.25) is 5.02 Å². The first-order valence-electron chi connectivity index (χ1n) is 7.70. The summed E-state index contributed by atoms with van der Waals surface area (Å²) in [5.74, 6) is 0.905. The van der Waals surface area contributed by atoms with Crippen LogP contribution in [0.3, 0.4) is 0 Å². The third kappa shape index (κ3) is 6.57. The van der Waals surface area contributed by atoms with Crippen LogP contribution >= 0.6 is 35.6 Å². The van der Waals surface area contributed by atoms with Crippen molar-refractivity contribution in [1.82, 2.24) is 10.9 Å². The Balaban J connectivity index is 1.70. The van der Waals surface area contributed by atoms with Gasteiger partial charge in [-0.1, -0.05) is 35.9 Å². The fourth-order valence-corrected chi connectivity index (χ4v) is 3.24. The summed E-state index contributed by atoms with van der Waals surface area (Å²) in [6.07, 6.45) is 0. The summed E-state index contributed by atoms with van der Waals surface area (Å²) >= 11 is 12.6. The first-order chi connectivity index (χ1) is 12.0. The van der Waals surface area contributed by atoms with Gasteiger partial charge in [0.05, 0.1) is 5.75 Å². The van der Waals surface area contributed by atoms with Gasteiger partial charge < -0.3 is 5.32 Å². The van der Waals surface area contributed by atoms with E-state index in [9.17, 15) is 4.79 Å². The van der Waals surface area contributed by atoms with Crippen molar-refractivity contribution in [2.75, 3.05) is 11.1 Å². The van der Waals surface area contributed by atoms with Crippen LogP contribution < -0.4 is 16.2 Å². The van der Waals surface area contributed by atoms with Crippen LogP contribution in [0.5, 0.6) is 0 Å². The third-order valence-electron chi connectivity index (χ3n) is 3.56. The normalized spacial score (nSPS) is 10.2. The quantitative estimate of drug-likeness (QED) is 0.524. The number of carbonyl (C=O) groups is 1. The van der Waals surface area contributed by atoms with E-state index in [2.05, 4.69) is 16.2 Å². The SMILES string of the molecule is Cc1cccc(NC(=S)NNC(=O)CSCc2cccc(Cl)c2)c1C. The summed E-state index contributed by atoms with van der Waals surface area (Å²) in [6.45, 7) is 4.06. The van der Waals surface area contributed by atoms with Gasteiger partial charge in [0.15, 0.2) is 5.11 Å². The largest absolute Gasteiger partial charge is 0.331 e. The van der Waals surface area contributed by atoms with Crippen LogP contribution in [0.25, 0.3) is 0 Å². The Bertz CT molecular complexity index is 768. The predicted octanol–water partition coefficient (Wildman–Crippen LogP) is 4.21. The third-order valence-corrected chi connectivity index (χ3v) is 5.00. The van der Waals surface area contributed by atoms with Gasteiger partial charge in [0, 0.05) is 16.5 Å². The zero-order chi connectivity index (χ0) is 18.2. The fourth-order valence-electron chi connectivity index (χ4n) is 2.09. The summed E-state index contributed by atoms with van der Waals surface area (Å²) in [4.78, 5) is 11.9. The van der Waals surface area contributed by atoms with Gasteiger partial charge in [0.25, 0.3) is 0 Å². The average molecular weight is 394 g/mol. The molecule has 132 valence electrons. The molecule has 0 radical (unpaired) electrons. The summed E-state index contributed by atoms with van der Waals surface area (Å²) in [6, 6.07) is 13.5. The van der Waals surface area contributed by atoms with Crippen molar-refractivity contribution < 1.29 is 4.79 Å². The molecule has 0 saturated heterocycles. The second kappa shape index (κ2) is 9.65. The van der Waals surface area contributed by atoms with Gasteiger partial charge in [-0.15, -0.1) is 11.8 Å². The minimum atomic E-state index is -0.142. The number of nitrogens with one attached hydrogen (secondary N) is 3. The van der Waals surface area contributed by atoms with Crippen molar-refractivity contribution >= 4 is 52.3 Å². The molecule has 0 aromatic heterocycles. The molecule has 0 unspecified atom stereocenters. The van der Waals surface area contributed by atoms with Crippen molar-refractivity contribution in [3.63, 3.8) is 0 Å². The molecule has 0 aliphatic carbocycles. The molecular weight excluding hydrogens is 374 g/mol. The predicted molar refractivity (Wildman–Crippen MR) is 111 cm³/mol. The van der Waals surface area contributed by atoms with E-state index in [1.54, 1.807) is 0 Å². The molecule has 0 fully saturated rings. The van der Waals surface area contributed by atoms with Crippen molar-refractivity contribution in [3.05, 3.63) is 64.2 Å². The molecule has 2 aromatic carbocycles. The minimum absolute atomic E-state index is 0.142. The molecule has 2 rings (SSSR count). The van der Waals surface area contributed by atoms with Gasteiger partial charge >= 0.3 is 0 Å². The van der Waals surface area contributed by atoms with Gasteiger partial charge in [-0.25, -0.2) is 0 Å². The molecule has 2 aromatic rings. The van der Waals surface area contributed by atoms with E-state index in [0.717, 1.165) is 22.6 Å². The first kappa shape index (κ1) is 19.6. The topological polar surface area (TPSA) is 53.2 Å². The van der Waals surface area contributed by atoms with Crippen LogP contribution in [0.4, 0.5) is 5.69 Å². The number of hydrogen-bond acceptors (Lipinski definition) is 3. The van der Waals surface area contributed by atoms with Gasteiger partial charge in [0.1, 0.15) is 0 Å². The lowest BCUT2D eigenvalue weighted by Crippen LogP contribution is -2.44. The summed E-state index contributed by atoms with van der Waals surface area (Å²) in [5, 5.41) is 4.13. The van der Waals surface area contributed by atoms with E-state index in [4.69, 9.17) is 23.8 Å². The number of hydrazine groups is 1. The molecule has 0 atom stereocenters. The minimum Gasteiger partial charge on any atom is -0.331 e. The molecule has 0 heterocycles. The van der Waals surface area contributed by atoms with Gasteiger partial charge in [-0.05, 0) is 61.0 Å². The number of carbonyl (C=O) groups excluding carboxylic acids is 1. The van der Waals surface area contributed by atoms with Crippen molar-refractivity contribution in [3.8, 4) is 0 Å². The Morgan fingerprint density at radius 3 is 2.68 bits per heavy atom. The Morgan fingerprint density at radius 2 is 1.92 bits per heavy atom. The number of hydrogen-bond donors (Lipinski definition) is 3. The Labute approximate surface area is 162 Å². The van der Waals surface area contributed by atoms with Crippen molar-refractivity contribution in [2.45, 2.75) is 19.6 Å². The molecule has 0 aliphatic heterocycles. The second-order valence-corrected chi connectivity index (χ2v) is 7.33. The number of halogens is 1. The zero-order valence-electron chi connectivity index (χ0n) is 14.1. The molecule has 1 amide bonds. The number of aryl methyl sites for hydroxylation is 1. The Morgan fingerprint density at radius 1 is 1.16 bits per heavy atom. The molecule has 7 heteroatoms. The maximum atomic E-state index is 11.9. The van der Waals surface area contributed by atoms with E-state index in [1.807, 2.05) is 56.3 Å². The highest BCUT2D eigenvalue weighted by Crippen LogP contribution is 2.18. The molecule has 0 aliphatic rings. The number of rotatable bonds is 5. The van der Waals surface area contributed by atoms with E-state index in [-0.39, 0.29) is 5.91 Å². The van der Waals surface area contributed by atoms with Crippen LogP contribution in [-0.2, 0) is 10.5 Å². The number of thioether (sulfide) groups is 1. The number of anilines is 1. The maximum Gasteiger partial charge on any atom is 0.248 e. The smallest absolute Gasteiger partial charge is 0.248 e. The summed E-state index contributed by atoms with van der Waals surface area (Å²) in [7, 11) is 0. The van der Waals surface area contributed by atoms with Crippen LogP contribution in [0, 0.1) is 13.8 Å². The monoisotopic (exact) mass is 393 g/mol. The summed E-state index contributed by atoms with van der Waals surface area (Å²) < 4.78 is 0. The van der Waals surface area contributed by atoms with Gasteiger partial charge in [-0.2, -0.15) is 0 Å². The highest BCUT2D eigenvalue weighted by molar-refractivity contribution is 7.99. The molecule has 0 saturated carbocycles. The maximum absolute atomic E-state index is 11.9. The van der Waals surface area contributed by atoms with Crippen LogP contribution in [0.1, 0.15) is 16.7 Å². The number of thiocarbonyl (C=S) groups is 1. The lowest BCUT2D eigenvalue weighted by atomic mass is 10.1.